The van der Waals surface area contributed by atoms with Gasteiger partial charge in [0.2, 0.25) is 0 Å². The van der Waals surface area contributed by atoms with Crippen molar-refractivity contribution in [3.63, 3.8) is 0 Å². The fraction of sp³-hybridized carbons (Fsp3) is 0.600. The van der Waals surface area contributed by atoms with E-state index in [1.54, 1.807) is 0 Å². The largest absolute Gasteiger partial charge is 0.384 e. The van der Waals surface area contributed by atoms with E-state index in [-0.39, 0.29) is 0 Å². The SMILES string of the molecule is Nc1cc(CCC2CCNC2)ncn1. The number of hydrogen-bond acceptors (Lipinski definition) is 4. The number of anilines is 1. The molecule has 76 valence electrons. The second kappa shape index (κ2) is 4.37. The third-order valence-electron chi connectivity index (χ3n) is 2.72. The highest BCUT2D eigenvalue weighted by atomic mass is 14.9. The van der Waals surface area contributed by atoms with Crippen molar-refractivity contribution in [3.05, 3.63) is 18.1 Å². The van der Waals surface area contributed by atoms with Gasteiger partial charge >= 0.3 is 0 Å². The van der Waals surface area contributed by atoms with Gasteiger partial charge in [-0.2, -0.15) is 0 Å². The van der Waals surface area contributed by atoms with Crippen LogP contribution in [0.15, 0.2) is 12.4 Å². The fourth-order valence-electron chi connectivity index (χ4n) is 1.86. The molecule has 1 saturated heterocycles. The zero-order valence-electron chi connectivity index (χ0n) is 8.24. The fourth-order valence-corrected chi connectivity index (χ4v) is 1.86. The topological polar surface area (TPSA) is 63.8 Å². The van der Waals surface area contributed by atoms with E-state index in [4.69, 9.17) is 5.73 Å². The maximum atomic E-state index is 5.58. The van der Waals surface area contributed by atoms with Gasteiger partial charge in [-0.05, 0) is 38.3 Å². The van der Waals surface area contributed by atoms with Crippen molar-refractivity contribution in [1.82, 2.24) is 15.3 Å². The standard InChI is InChI=1S/C10H16N4/c11-10-5-9(13-7-14-10)2-1-8-3-4-12-6-8/h5,7-8,12H,1-4,6H2,(H2,11,13,14). The molecule has 2 rings (SSSR count). The summed E-state index contributed by atoms with van der Waals surface area (Å²) in [6, 6.07) is 1.86. The molecule has 0 spiro atoms. The Morgan fingerprint density at radius 3 is 3.14 bits per heavy atom. The minimum atomic E-state index is 0.569. The Hall–Kier alpha value is -1.16. The van der Waals surface area contributed by atoms with E-state index in [9.17, 15) is 0 Å². The molecule has 1 aromatic heterocycles. The highest BCUT2D eigenvalue weighted by molar-refractivity contribution is 5.27. The van der Waals surface area contributed by atoms with Crippen LogP contribution in [0.2, 0.25) is 0 Å². The lowest BCUT2D eigenvalue weighted by molar-refractivity contribution is 0.529. The van der Waals surface area contributed by atoms with Crippen LogP contribution >= 0.6 is 0 Å². The summed E-state index contributed by atoms with van der Waals surface area (Å²) in [5, 5.41) is 3.36. The molecule has 1 aromatic rings. The van der Waals surface area contributed by atoms with Crippen LogP contribution in [-0.4, -0.2) is 23.1 Å². The van der Waals surface area contributed by atoms with Crippen LogP contribution in [0.25, 0.3) is 0 Å². The maximum absolute atomic E-state index is 5.58. The predicted octanol–water partition coefficient (Wildman–Crippen LogP) is 0.601. The van der Waals surface area contributed by atoms with Gasteiger partial charge in [-0.15, -0.1) is 0 Å². The summed E-state index contributed by atoms with van der Waals surface area (Å²) in [5.74, 6) is 1.38. The van der Waals surface area contributed by atoms with Gasteiger partial charge in [-0.25, -0.2) is 9.97 Å². The number of hydrogen-bond donors (Lipinski definition) is 2. The molecule has 0 aromatic carbocycles. The van der Waals surface area contributed by atoms with Crippen molar-refractivity contribution in [2.24, 2.45) is 5.92 Å². The van der Waals surface area contributed by atoms with Gasteiger partial charge in [0.1, 0.15) is 12.1 Å². The molecular weight excluding hydrogens is 176 g/mol. The Balaban J connectivity index is 1.85. The zero-order chi connectivity index (χ0) is 9.80. The van der Waals surface area contributed by atoms with Crippen molar-refractivity contribution < 1.29 is 0 Å². The number of nitrogens with two attached hydrogens (primary N) is 1. The second-order valence-corrected chi connectivity index (χ2v) is 3.83. The van der Waals surface area contributed by atoms with E-state index in [0.717, 1.165) is 31.1 Å². The van der Waals surface area contributed by atoms with E-state index in [1.165, 1.54) is 19.2 Å². The lowest BCUT2D eigenvalue weighted by Gasteiger charge is -2.06. The molecule has 3 N–H and O–H groups in total. The lowest BCUT2D eigenvalue weighted by atomic mass is 10.0. The van der Waals surface area contributed by atoms with Crippen molar-refractivity contribution in [2.75, 3.05) is 18.8 Å². The van der Waals surface area contributed by atoms with E-state index in [1.807, 2.05) is 6.07 Å². The predicted molar refractivity (Wildman–Crippen MR) is 55.7 cm³/mol. The monoisotopic (exact) mass is 192 g/mol. The first-order valence-corrected chi connectivity index (χ1v) is 5.12. The summed E-state index contributed by atoms with van der Waals surface area (Å²) in [5.41, 5.74) is 6.64. The quantitative estimate of drug-likeness (QED) is 0.736. The third kappa shape index (κ3) is 2.42. The number of nitrogen functional groups attached to an aromatic ring is 1. The molecule has 4 nitrogen and oxygen atoms in total. The number of nitrogens with zero attached hydrogens (tertiary/aromatic N) is 2. The summed E-state index contributed by atoms with van der Waals surface area (Å²) in [6.45, 7) is 2.32. The lowest BCUT2D eigenvalue weighted by Crippen LogP contribution is -2.09. The van der Waals surface area contributed by atoms with Crippen molar-refractivity contribution in [1.29, 1.82) is 0 Å². The molecule has 0 bridgehead atoms. The number of aromatic nitrogens is 2. The van der Waals surface area contributed by atoms with Crippen LogP contribution in [-0.2, 0) is 6.42 Å². The Morgan fingerprint density at radius 1 is 1.50 bits per heavy atom. The first-order valence-electron chi connectivity index (χ1n) is 5.12. The van der Waals surface area contributed by atoms with Crippen molar-refractivity contribution in [2.45, 2.75) is 19.3 Å². The minimum Gasteiger partial charge on any atom is -0.384 e. The summed E-state index contributed by atoms with van der Waals surface area (Å²) in [4.78, 5) is 8.06. The summed E-state index contributed by atoms with van der Waals surface area (Å²) in [6.07, 6.45) is 5.04. The number of nitrogens with one attached hydrogen (secondary N) is 1. The van der Waals surface area contributed by atoms with Gasteiger partial charge < -0.3 is 11.1 Å². The van der Waals surface area contributed by atoms with Gasteiger partial charge in [0.05, 0.1) is 0 Å². The maximum Gasteiger partial charge on any atom is 0.126 e. The van der Waals surface area contributed by atoms with Crippen LogP contribution in [0.5, 0.6) is 0 Å². The molecule has 1 fully saturated rings. The van der Waals surface area contributed by atoms with Gasteiger partial charge in [0, 0.05) is 11.8 Å². The van der Waals surface area contributed by atoms with Gasteiger partial charge in [-0.1, -0.05) is 0 Å². The zero-order valence-corrected chi connectivity index (χ0v) is 8.24. The van der Waals surface area contributed by atoms with Crippen LogP contribution < -0.4 is 11.1 Å². The molecule has 1 unspecified atom stereocenters. The van der Waals surface area contributed by atoms with Gasteiger partial charge in [0.25, 0.3) is 0 Å². The molecular formula is C10H16N4. The van der Waals surface area contributed by atoms with Crippen molar-refractivity contribution >= 4 is 5.82 Å². The van der Waals surface area contributed by atoms with E-state index >= 15 is 0 Å². The summed E-state index contributed by atoms with van der Waals surface area (Å²) >= 11 is 0. The second-order valence-electron chi connectivity index (χ2n) is 3.83. The molecule has 4 heteroatoms. The van der Waals surface area contributed by atoms with Crippen LogP contribution in [0.1, 0.15) is 18.5 Å². The average molecular weight is 192 g/mol. The molecule has 0 aliphatic carbocycles. The van der Waals surface area contributed by atoms with Crippen molar-refractivity contribution in [3.8, 4) is 0 Å². The molecule has 1 atom stereocenters. The smallest absolute Gasteiger partial charge is 0.126 e. The molecule has 14 heavy (non-hydrogen) atoms. The van der Waals surface area contributed by atoms with Crippen LogP contribution in [0, 0.1) is 5.92 Å². The molecule has 0 saturated carbocycles. The van der Waals surface area contributed by atoms with E-state index < -0.39 is 0 Å². The highest BCUT2D eigenvalue weighted by Gasteiger charge is 2.14. The normalized spacial score (nSPS) is 21.3. The average Bonchev–Trinajstić information content (AvgIpc) is 2.67. The first-order chi connectivity index (χ1) is 6.84. The Morgan fingerprint density at radius 2 is 2.43 bits per heavy atom. The Kier molecular flexibility index (Phi) is 2.93. The van der Waals surface area contributed by atoms with E-state index in [0.29, 0.717) is 5.82 Å². The van der Waals surface area contributed by atoms with Crippen LogP contribution in [0.3, 0.4) is 0 Å². The molecule has 1 aliphatic heterocycles. The molecule has 2 heterocycles. The number of rotatable bonds is 3. The number of aryl methyl sites for hydroxylation is 1. The Labute approximate surface area is 83.9 Å². The van der Waals surface area contributed by atoms with Gasteiger partial charge in [-0.3, -0.25) is 0 Å². The van der Waals surface area contributed by atoms with Gasteiger partial charge in [0.15, 0.2) is 0 Å². The molecule has 0 radical (unpaired) electrons. The molecule has 1 aliphatic rings. The highest BCUT2D eigenvalue weighted by Crippen LogP contribution is 2.15. The third-order valence-corrected chi connectivity index (χ3v) is 2.72. The first kappa shape index (κ1) is 9.40. The minimum absolute atomic E-state index is 0.569. The molecule has 0 amide bonds. The van der Waals surface area contributed by atoms with E-state index in [2.05, 4.69) is 15.3 Å². The summed E-state index contributed by atoms with van der Waals surface area (Å²) in [7, 11) is 0. The Bertz CT molecular complexity index is 294. The summed E-state index contributed by atoms with van der Waals surface area (Å²) < 4.78 is 0. The van der Waals surface area contributed by atoms with Crippen LogP contribution in [0.4, 0.5) is 5.82 Å².